The van der Waals surface area contributed by atoms with Crippen molar-refractivity contribution in [3.8, 4) is 5.75 Å². The highest BCUT2D eigenvalue weighted by Crippen LogP contribution is 2.25. The number of hydrogen-bond donors (Lipinski definition) is 2. The Bertz CT molecular complexity index is 883. The zero-order chi connectivity index (χ0) is 21.0. The van der Waals surface area contributed by atoms with Gasteiger partial charge in [0, 0.05) is 12.7 Å². The molecule has 0 spiro atoms. The van der Waals surface area contributed by atoms with E-state index >= 15 is 0 Å². The minimum absolute atomic E-state index is 0.0397. The molecule has 3 rings (SSSR count). The van der Waals surface area contributed by atoms with Crippen LogP contribution in [0.5, 0.6) is 5.75 Å². The number of carboxylic acid groups (broad SMARTS) is 1. The van der Waals surface area contributed by atoms with Crippen LogP contribution in [0.15, 0.2) is 79.0 Å². The Morgan fingerprint density at radius 2 is 1.73 bits per heavy atom. The van der Waals surface area contributed by atoms with Crippen molar-refractivity contribution in [3.63, 3.8) is 0 Å². The van der Waals surface area contributed by atoms with E-state index in [4.69, 9.17) is 4.74 Å². The van der Waals surface area contributed by atoms with Gasteiger partial charge >= 0.3 is 5.97 Å². The quantitative estimate of drug-likeness (QED) is 0.408. The molecular formula is C25H28N2O3. The molecule has 1 aromatic heterocycles. The molecule has 1 atom stereocenters. The number of aromatic nitrogens is 1. The van der Waals surface area contributed by atoms with Gasteiger partial charge < -0.3 is 15.2 Å². The van der Waals surface area contributed by atoms with Crippen LogP contribution in [0.3, 0.4) is 0 Å². The lowest BCUT2D eigenvalue weighted by atomic mass is 9.89. The average Bonchev–Trinajstić information content (AvgIpc) is 2.78. The van der Waals surface area contributed by atoms with Crippen molar-refractivity contribution in [2.24, 2.45) is 0 Å². The second-order valence-electron chi connectivity index (χ2n) is 7.25. The Morgan fingerprint density at radius 1 is 0.967 bits per heavy atom. The van der Waals surface area contributed by atoms with E-state index in [1.807, 2.05) is 72.8 Å². The van der Waals surface area contributed by atoms with Gasteiger partial charge in [0.2, 0.25) is 0 Å². The Morgan fingerprint density at radius 3 is 2.43 bits per heavy atom. The number of carbonyl (C=O) groups is 1. The van der Waals surface area contributed by atoms with Crippen LogP contribution in [-0.4, -0.2) is 29.2 Å². The molecule has 3 aromatic rings. The van der Waals surface area contributed by atoms with Gasteiger partial charge in [0.1, 0.15) is 11.6 Å². The van der Waals surface area contributed by atoms with Gasteiger partial charge in [-0.3, -0.25) is 4.79 Å². The molecule has 0 radical (unpaired) electrons. The summed E-state index contributed by atoms with van der Waals surface area (Å²) in [7, 11) is 0. The number of ether oxygens (including phenoxy) is 1. The molecule has 2 aromatic carbocycles. The predicted molar refractivity (Wildman–Crippen MR) is 119 cm³/mol. The Hall–Kier alpha value is -3.34. The lowest BCUT2D eigenvalue weighted by Crippen LogP contribution is -2.09. The standard InChI is InChI=1S/C25H28N2O3/c28-25(29)19-22(21-8-2-1-3-9-21)18-20-11-13-23(14-12-20)30-17-7-6-16-27-24-10-4-5-15-26-24/h1-5,8-15,22H,6-7,16-19H2,(H,26,27)(H,28,29). The second kappa shape index (κ2) is 11.6. The van der Waals surface area contributed by atoms with Crippen LogP contribution >= 0.6 is 0 Å². The molecule has 2 N–H and O–H groups in total. The topological polar surface area (TPSA) is 71.5 Å². The summed E-state index contributed by atoms with van der Waals surface area (Å²) < 4.78 is 5.83. The van der Waals surface area contributed by atoms with Gasteiger partial charge in [0.05, 0.1) is 13.0 Å². The zero-order valence-electron chi connectivity index (χ0n) is 17.0. The summed E-state index contributed by atoms with van der Waals surface area (Å²) in [6, 6.07) is 23.6. The van der Waals surface area contributed by atoms with Gasteiger partial charge in [0.25, 0.3) is 0 Å². The first kappa shape index (κ1) is 21.4. The fourth-order valence-corrected chi connectivity index (χ4v) is 3.35. The molecule has 5 heteroatoms. The lowest BCUT2D eigenvalue weighted by molar-refractivity contribution is -0.137. The molecule has 0 aliphatic carbocycles. The molecule has 5 nitrogen and oxygen atoms in total. The van der Waals surface area contributed by atoms with Gasteiger partial charge in [-0.1, -0.05) is 48.5 Å². The molecule has 30 heavy (non-hydrogen) atoms. The van der Waals surface area contributed by atoms with Crippen LogP contribution in [0.4, 0.5) is 5.82 Å². The molecule has 1 unspecified atom stereocenters. The number of hydrogen-bond acceptors (Lipinski definition) is 4. The summed E-state index contributed by atoms with van der Waals surface area (Å²) in [5.41, 5.74) is 2.16. The lowest BCUT2D eigenvalue weighted by Gasteiger charge is -2.16. The number of unbranched alkanes of at least 4 members (excludes halogenated alkanes) is 1. The molecule has 0 bridgehead atoms. The van der Waals surface area contributed by atoms with E-state index < -0.39 is 5.97 Å². The largest absolute Gasteiger partial charge is 0.494 e. The van der Waals surface area contributed by atoms with E-state index in [-0.39, 0.29) is 12.3 Å². The smallest absolute Gasteiger partial charge is 0.303 e. The maximum atomic E-state index is 11.3. The van der Waals surface area contributed by atoms with Crippen molar-refractivity contribution in [2.45, 2.75) is 31.6 Å². The Labute approximate surface area is 177 Å². The van der Waals surface area contributed by atoms with Gasteiger partial charge in [0.15, 0.2) is 0 Å². The third-order valence-electron chi connectivity index (χ3n) is 4.91. The summed E-state index contributed by atoms with van der Waals surface area (Å²) in [6.07, 6.45) is 4.54. The van der Waals surface area contributed by atoms with Crippen LogP contribution in [0.25, 0.3) is 0 Å². The molecular weight excluding hydrogens is 376 g/mol. The first-order valence-corrected chi connectivity index (χ1v) is 10.3. The Balaban J connectivity index is 1.42. The van der Waals surface area contributed by atoms with Crippen molar-refractivity contribution in [1.29, 1.82) is 0 Å². The number of aliphatic carboxylic acids is 1. The summed E-state index contributed by atoms with van der Waals surface area (Å²) in [5.74, 6) is 0.917. The molecule has 156 valence electrons. The highest BCUT2D eigenvalue weighted by atomic mass is 16.5. The van der Waals surface area contributed by atoms with Crippen LogP contribution < -0.4 is 10.1 Å². The fourth-order valence-electron chi connectivity index (χ4n) is 3.35. The first-order valence-electron chi connectivity index (χ1n) is 10.3. The van der Waals surface area contributed by atoms with E-state index in [0.717, 1.165) is 42.1 Å². The van der Waals surface area contributed by atoms with Crippen LogP contribution in [0.2, 0.25) is 0 Å². The third-order valence-corrected chi connectivity index (χ3v) is 4.91. The van der Waals surface area contributed by atoms with Gasteiger partial charge in [-0.2, -0.15) is 0 Å². The average molecular weight is 405 g/mol. The third kappa shape index (κ3) is 7.24. The van der Waals surface area contributed by atoms with Crippen LogP contribution in [0.1, 0.15) is 36.3 Å². The summed E-state index contributed by atoms with van der Waals surface area (Å²) >= 11 is 0. The van der Waals surface area contributed by atoms with E-state index in [1.165, 1.54) is 0 Å². The van der Waals surface area contributed by atoms with Crippen molar-refractivity contribution in [2.75, 3.05) is 18.5 Å². The van der Waals surface area contributed by atoms with Crippen molar-refractivity contribution < 1.29 is 14.6 Å². The molecule has 1 heterocycles. The molecule has 0 fully saturated rings. The molecule has 0 saturated heterocycles. The van der Waals surface area contributed by atoms with Crippen LogP contribution in [-0.2, 0) is 11.2 Å². The number of nitrogens with zero attached hydrogens (tertiary/aromatic N) is 1. The van der Waals surface area contributed by atoms with Gasteiger partial charge in [-0.15, -0.1) is 0 Å². The van der Waals surface area contributed by atoms with E-state index in [9.17, 15) is 9.90 Å². The van der Waals surface area contributed by atoms with Crippen molar-refractivity contribution in [3.05, 3.63) is 90.1 Å². The minimum atomic E-state index is -0.777. The van der Waals surface area contributed by atoms with Crippen LogP contribution in [0, 0.1) is 0 Å². The number of carboxylic acids is 1. The van der Waals surface area contributed by atoms with E-state index in [0.29, 0.717) is 13.0 Å². The van der Waals surface area contributed by atoms with Crippen molar-refractivity contribution >= 4 is 11.8 Å². The molecule has 0 amide bonds. The van der Waals surface area contributed by atoms with E-state index in [2.05, 4.69) is 10.3 Å². The molecule has 0 aliphatic rings. The summed E-state index contributed by atoms with van der Waals surface area (Å²) in [4.78, 5) is 15.5. The monoisotopic (exact) mass is 404 g/mol. The predicted octanol–water partition coefficient (Wildman–Crippen LogP) is 5.15. The number of rotatable bonds is 12. The first-order chi connectivity index (χ1) is 14.7. The normalized spacial score (nSPS) is 11.6. The number of nitrogens with one attached hydrogen (secondary N) is 1. The fraction of sp³-hybridized carbons (Fsp3) is 0.280. The van der Waals surface area contributed by atoms with Gasteiger partial charge in [-0.05, 0) is 60.6 Å². The van der Waals surface area contributed by atoms with E-state index in [1.54, 1.807) is 6.20 Å². The maximum absolute atomic E-state index is 11.3. The summed E-state index contributed by atoms with van der Waals surface area (Å²) in [6.45, 7) is 1.53. The van der Waals surface area contributed by atoms with Crippen molar-refractivity contribution in [1.82, 2.24) is 4.98 Å². The zero-order valence-corrected chi connectivity index (χ0v) is 17.0. The molecule has 0 aliphatic heterocycles. The minimum Gasteiger partial charge on any atom is -0.494 e. The highest BCUT2D eigenvalue weighted by Gasteiger charge is 2.16. The molecule has 0 saturated carbocycles. The highest BCUT2D eigenvalue weighted by molar-refractivity contribution is 5.68. The number of anilines is 1. The van der Waals surface area contributed by atoms with Gasteiger partial charge in [-0.25, -0.2) is 4.98 Å². The Kier molecular flexibility index (Phi) is 8.27. The summed E-state index contributed by atoms with van der Waals surface area (Å²) in [5, 5.41) is 12.6. The number of benzene rings is 2. The SMILES string of the molecule is O=C(O)CC(Cc1ccc(OCCCCNc2ccccn2)cc1)c1ccccc1. The number of pyridine rings is 1. The second-order valence-corrected chi connectivity index (χ2v) is 7.25. The maximum Gasteiger partial charge on any atom is 0.303 e.